The third-order valence-electron chi connectivity index (χ3n) is 3.97. The van der Waals surface area contributed by atoms with Crippen molar-refractivity contribution in [3.8, 4) is 22.5 Å². The summed E-state index contributed by atoms with van der Waals surface area (Å²) in [6.45, 7) is 2.14. The van der Waals surface area contributed by atoms with E-state index in [2.05, 4.69) is 27.0 Å². The molecule has 2 heterocycles. The molecular weight excluding hydrogens is 310 g/mol. The summed E-state index contributed by atoms with van der Waals surface area (Å²) in [5.74, 6) is 0. The zero-order valence-corrected chi connectivity index (χ0v) is 13.4. The number of ether oxygens (including phenoxy) is 1. The highest BCUT2D eigenvalue weighted by atomic mass is 32.1. The molecule has 0 saturated carbocycles. The Morgan fingerprint density at radius 1 is 1.39 bits per heavy atom. The van der Waals surface area contributed by atoms with E-state index in [1.54, 1.807) is 18.3 Å². The van der Waals surface area contributed by atoms with E-state index in [0.29, 0.717) is 6.61 Å². The first-order chi connectivity index (χ1) is 11.3. The van der Waals surface area contributed by atoms with Crippen LogP contribution in [0.4, 0.5) is 10.5 Å². The molecule has 0 spiro atoms. The quantitative estimate of drug-likeness (QED) is 0.591. The van der Waals surface area contributed by atoms with Gasteiger partial charge in [-0.25, -0.2) is 4.79 Å². The van der Waals surface area contributed by atoms with Crippen molar-refractivity contribution in [2.75, 3.05) is 11.9 Å². The minimum atomic E-state index is -0.423. The lowest BCUT2D eigenvalue weighted by Crippen LogP contribution is -2.14. The molecule has 3 aromatic rings. The van der Waals surface area contributed by atoms with Crippen LogP contribution in [0.5, 0.6) is 0 Å². The van der Waals surface area contributed by atoms with Crippen molar-refractivity contribution < 1.29 is 9.53 Å². The predicted molar refractivity (Wildman–Crippen MR) is 90.8 cm³/mol. The molecule has 2 aromatic heterocycles. The number of fused-ring (bicyclic) bond motifs is 3. The molecule has 6 heteroatoms. The molecule has 5 nitrogen and oxygen atoms in total. The van der Waals surface area contributed by atoms with Gasteiger partial charge in [0.2, 0.25) is 0 Å². The molecule has 0 saturated heterocycles. The number of hydrogen-bond donors (Lipinski definition) is 2. The molecular formula is C17H15N3O2S. The molecule has 0 bridgehead atoms. The lowest BCUT2D eigenvalue weighted by molar-refractivity contribution is 0.168. The summed E-state index contributed by atoms with van der Waals surface area (Å²) in [6, 6.07) is 7.95. The number of aromatic nitrogens is 2. The van der Waals surface area contributed by atoms with E-state index in [0.717, 1.165) is 40.2 Å². The Kier molecular flexibility index (Phi) is 3.38. The van der Waals surface area contributed by atoms with Gasteiger partial charge in [-0.3, -0.25) is 10.4 Å². The number of anilines is 1. The minimum absolute atomic E-state index is 0.353. The van der Waals surface area contributed by atoms with Crippen LogP contribution in [0.25, 0.3) is 22.5 Å². The second-order valence-electron chi connectivity index (χ2n) is 5.29. The highest BCUT2D eigenvalue weighted by molar-refractivity contribution is 7.08. The standard InChI is InChI=1S/C17H15N3O2S/c1-2-22-17(21)18-14-5-3-4-11-12(14)8-13-15(19-20-16(11)13)10-6-7-23-9-10/h3-7,9H,2,8H2,1H3,(H,18,21)(H,19,20). The van der Waals surface area contributed by atoms with E-state index < -0.39 is 6.09 Å². The van der Waals surface area contributed by atoms with Crippen LogP contribution < -0.4 is 5.32 Å². The molecule has 1 aromatic carbocycles. The van der Waals surface area contributed by atoms with Crippen LogP contribution in [0.15, 0.2) is 35.0 Å². The number of nitrogens with one attached hydrogen (secondary N) is 2. The maximum atomic E-state index is 11.7. The largest absolute Gasteiger partial charge is 0.450 e. The van der Waals surface area contributed by atoms with Gasteiger partial charge in [-0.2, -0.15) is 16.4 Å². The van der Waals surface area contributed by atoms with Crippen LogP contribution in [0, 0.1) is 0 Å². The molecule has 1 aliphatic carbocycles. The van der Waals surface area contributed by atoms with Gasteiger partial charge in [0.05, 0.1) is 18.0 Å². The number of benzene rings is 1. The smallest absolute Gasteiger partial charge is 0.411 e. The van der Waals surface area contributed by atoms with Crippen molar-refractivity contribution in [3.05, 3.63) is 46.2 Å². The fraction of sp³-hybridized carbons (Fsp3) is 0.176. The van der Waals surface area contributed by atoms with Crippen LogP contribution in [0.1, 0.15) is 18.1 Å². The van der Waals surface area contributed by atoms with Crippen molar-refractivity contribution in [3.63, 3.8) is 0 Å². The van der Waals surface area contributed by atoms with Crippen LogP contribution in [-0.2, 0) is 11.2 Å². The van der Waals surface area contributed by atoms with Gasteiger partial charge in [0.15, 0.2) is 0 Å². The van der Waals surface area contributed by atoms with Gasteiger partial charge in [0.1, 0.15) is 0 Å². The van der Waals surface area contributed by atoms with Gasteiger partial charge in [-0.15, -0.1) is 0 Å². The number of carbonyl (C=O) groups is 1. The predicted octanol–water partition coefficient (Wildman–Crippen LogP) is 4.28. The Labute approximate surface area is 137 Å². The first kappa shape index (κ1) is 14.0. The summed E-state index contributed by atoms with van der Waals surface area (Å²) in [4.78, 5) is 11.7. The van der Waals surface area contributed by atoms with Crippen LogP contribution >= 0.6 is 11.3 Å². The van der Waals surface area contributed by atoms with Gasteiger partial charge < -0.3 is 4.74 Å². The van der Waals surface area contributed by atoms with E-state index in [9.17, 15) is 4.79 Å². The minimum Gasteiger partial charge on any atom is -0.450 e. The Balaban J connectivity index is 1.72. The van der Waals surface area contributed by atoms with Crippen LogP contribution in [0.2, 0.25) is 0 Å². The highest BCUT2D eigenvalue weighted by Crippen LogP contribution is 2.43. The van der Waals surface area contributed by atoms with Gasteiger partial charge in [-0.1, -0.05) is 12.1 Å². The monoisotopic (exact) mass is 325 g/mol. The number of thiophene rings is 1. The molecule has 0 fully saturated rings. The SMILES string of the molecule is CCOC(=O)Nc1cccc2c1Cc1c(-c3ccsc3)n[nH]c1-2. The number of hydrogen-bond acceptors (Lipinski definition) is 4. The number of carbonyl (C=O) groups excluding carboxylic acids is 1. The molecule has 0 unspecified atom stereocenters. The summed E-state index contributed by atoms with van der Waals surface area (Å²) < 4.78 is 4.98. The molecule has 2 N–H and O–H groups in total. The maximum absolute atomic E-state index is 11.7. The van der Waals surface area contributed by atoms with Gasteiger partial charge in [0, 0.05) is 34.2 Å². The first-order valence-electron chi connectivity index (χ1n) is 7.43. The number of H-pyrrole nitrogens is 1. The van der Waals surface area contributed by atoms with Crippen LogP contribution in [-0.4, -0.2) is 22.9 Å². The van der Waals surface area contributed by atoms with Gasteiger partial charge in [-0.05, 0) is 30.0 Å². The fourth-order valence-electron chi connectivity index (χ4n) is 2.98. The Morgan fingerprint density at radius 3 is 3.09 bits per heavy atom. The Morgan fingerprint density at radius 2 is 2.30 bits per heavy atom. The summed E-state index contributed by atoms with van der Waals surface area (Å²) in [7, 11) is 0. The second-order valence-corrected chi connectivity index (χ2v) is 6.07. The topological polar surface area (TPSA) is 67.0 Å². The van der Waals surface area contributed by atoms with Gasteiger partial charge in [0.25, 0.3) is 0 Å². The number of amides is 1. The lowest BCUT2D eigenvalue weighted by Gasteiger charge is -2.10. The average Bonchev–Trinajstić information content (AvgIpc) is 3.23. The van der Waals surface area contributed by atoms with E-state index in [1.165, 1.54) is 5.56 Å². The average molecular weight is 325 g/mol. The molecule has 4 rings (SSSR count). The summed E-state index contributed by atoms with van der Waals surface area (Å²) in [5, 5.41) is 14.6. The molecule has 0 aliphatic heterocycles. The number of nitrogens with zero attached hydrogens (tertiary/aromatic N) is 1. The molecule has 0 atom stereocenters. The summed E-state index contributed by atoms with van der Waals surface area (Å²) in [5.41, 5.74) is 7.30. The van der Waals surface area contributed by atoms with Crippen molar-refractivity contribution in [2.45, 2.75) is 13.3 Å². The fourth-order valence-corrected chi connectivity index (χ4v) is 3.62. The summed E-state index contributed by atoms with van der Waals surface area (Å²) in [6.07, 6.45) is 0.321. The van der Waals surface area contributed by atoms with Crippen molar-refractivity contribution in [1.29, 1.82) is 0 Å². The third kappa shape index (κ3) is 2.31. The van der Waals surface area contributed by atoms with Gasteiger partial charge >= 0.3 is 6.09 Å². The van der Waals surface area contributed by atoms with Crippen LogP contribution in [0.3, 0.4) is 0 Å². The number of aromatic amines is 1. The Bertz CT molecular complexity index is 868. The third-order valence-corrected chi connectivity index (χ3v) is 4.66. The van der Waals surface area contributed by atoms with Crippen molar-refractivity contribution in [2.24, 2.45) is 0 Å². The zero-order chi connectivity index (χ0) is 15.8. The maximum Gasteiger partial charge on any atom is 0.411 e. The number of rotatable bonds is 3. The normalized spacial score (nSPS) is 11.9. The van der Waals surface area contributed by atoms with E-state index in [-0.39, 0.29) is 0 Å². The van der Waals surface area contributed by atoms with E-state index >= 15 is 0 Å². The lowest BCUT2D eigenvalue weighted by atomic mass is 10.1. The van der Waals surface area contributed by atoms with E-state index in [1.807, 2.05) is 23.6 Å². The molecule has 1 amide bonds. The second kappa shape index (κ2) is 5.55. The summed E-state index contributed by atoms with van der Waals surface area (Å²) >= 11 is 1.66. The molecule has 1 aliphatic rings. The molecule has 116 valence electrons. The van der Waals surface area contributed by atoms with Crippen molar-refractivity contribution in [1.82, 2.24) is 10.2 Å². The van der Waals surface area contributed by atoms with E-state index in [4.69, 9.17) is 4.74 Å². The first-order valence-corrected chi connectivity index (χ1v) is 8.38. The molecule has 0 radical (unpaired) electrons. The zero-order valence-electron chi connectivity index (χ0n) is 12.6. The molecule has 23 heavy (non-hydrogen) atoms. The van der Waals surface area contributed by atoms with Crippen molar-refractivity contribution >= 4 is 23.1 Å². The highest BCUT2D eigenvalue weighted by Gasteiger charge is 2.27. The Hall–Kier alpha value is -2.60.